The van der Waals surface area contributed by atoms with Gasteiger partial charge in [-0.2, -0.15) is 5.10 Å². The van der Waals surface area contributed by atoms with Crippen molar-refractivity contribution >= 4 is 12.2 Å². The van der Waals surface area contributed by atoms with Crippen molar-refractivity contribution in [1.82, 2.24) is 24.2 Å². The van der Waals surface area contributed by atoms with E-state index >= 15 is 0 Å². The molecule has 2 aliphatic heterocycles. The average molecular weight is 410 g/mol. The second-order valence-corrected chi connectivity index (χ2v) is 7.68. The molecule has 8 heteroatoms. The SMILES string of the molecule is CCn1c(-c2ccncc2)nn(CN2CCCC2c2ccc3c(c2)OCO3)c1=S. The zero-order valence-electron chi connectivity index (χ0n) is 16.3. The number of ether oxygens (including phenoxy) is 2. The van der Waals surface area contributed by atoms with Crippen LogP contribution in [0, 0.1) is 4.77 Å². The maximum Gasteiger partial charge on any atom is 0.231 e. The summed E-state index contributed by atoms with van der Waals surface area (Å²) in [6, 6.07) is 10.5. The van der Waals surface area contributed by atoms with Crippen LogP contribution in [-0.4, -0.2) is 37.6 Å². The van der Waals surface area contributed by atoms with Gasteiger partial charge in [0.05, 0.1) is 6.67 Å². The Morgan fingerprint density at radius 1 is 1.14 bits per heavy atom. The van der Waals surface area contributed by atoms with Crippen molar-refractivity contribution in [3.05, 3.63) is 53.1 Å². The molecule has 4 heterocycles. The first-order valence-corrected chi connectivity index (χ1v) is 10.4. The molecule has 0 bridgehead atoms. The number of rotatable bonds is 5. The van der Waals surface area contributed by atoms with Crippen LogP contribution in [-0.2, 0) is 13.2 Å². The highest BCUT2D eigenvalue weighted by Gasteiger charge is 2.28. The van der Waals surface area contributed by atoms with E-state index in [-0.39, 0.29) is 0 Å². The average Bonchev–Trinajstić information content (AvgIpc) is 3.47. The molecule has 0 N–H and O–H groups in total. The molecule has 0 saturated carbocycles. The van der Waals surface area contributed by atoms with Gasteiger partial charge in [-0.05, 0) is 61.8 Å². The van der Waals surface area contributed by atoms with E-state index < -0.39 is 0 Å². The lowest BCUT2D eigenvalue weighted by Gasteiger charge is -2.24. The van der Waals surface area contributed by atoms with Gasteiger partial charge in [-0.1, -0.05) is 6.07 Å². The molecule has 1 aromatic carbocycles. The maximum absolute atomic E-state index is 5.75. The van der Waals surface area contributed by atoms with Gasteiger partial charge in [0.2, 0.25) is 6.79 Å². The molecule has 0 amide bonds. The Balaban J connectivity index is 1.44. The predicted octanol–water partition coefficient (Wildman–Crippen LogP) is 4.02. The lowest BCUT2D eigenvalue weighted by molar-refractivity contribution is 0.173. The maximum atomic E-state index is 5.75. The van der Waals surface area contributed by atoms with Crippen molar-refractivity contribution in [3.63, 3.8) is 0 Å². The van der Waals surface area contributed by atoms with Crippen molar-refractivity contribution in [2.24, 2.45) is 0 Å². The minimum absolute atomic E-state index is 0.300. The van der Waals surface area contributed by atoms with Crippen LogP contribution in [0.1, 0.15) is 31.4 Å². The lowest BCUT2D eigenvalue weighted by atomic mass is 10.0. The smallest absolute Gasteiger partial charge is 0.231 e. The topological polar surface area (TPSA) is 57.3 Å². The molecule has 29 heavy (non-hydrogen) atoms. The molecule has 2 aliphatic rings. The lowest BCUT2D eigenvalue weighted by Crippen LogP contribution is -2.27. The number of aromatic nitrogens is 4. The quantitative estimate of drug-likeness (QED) is 0.593. The molecule has 2 aromatic heterocycles. The Morgan fingerprint density at radius 3 is 2.79 bits per heavy atom. The fraction of sp³-hybridized carbons (Fsp3) is 0.381. The van der Waals surface area contributed by atoms with Gasteiger partial charge in [0.15, 0.2) is 22.1 Å². The molecule has 1 atom stereocenters. The van der Waals surface area contributed by atoms with Gasteiger partial charge in [-0.3, -0.25) is 9.88 Å². The van der Waals surface area contributed by atoms with E-state index in [1.54, 1.807) is 12.4 Å². The predicted molar refractivity (Wildman–Crippen MR) is 111 cm³/mol. The Labute approximate surface area is 174 Å². The Morgan fingerprint density at radius 2 is 1.97 bits per heavy atom. The summed E-state index contributed by atoms with van der Waals surface area (Å²) in [5.74, 6) is 2.55. The molecule has 0 spiro atoms. The number of likely N-dealkylation sites (tertiary alicyclic amines) is 1. The van der Waals surface area contributed by atoms with Crippen LogP contribution >= 0.6 is 12.2 Å². The van der Waals surface area contributed by atoms with Crippen molar-refractivity contribution in [2.45, 2.75) is 39.0 Å². The molecule has 1 fully saturated rings. The molecule has 3 aromatic rings. The highest BCUT2D eigenvalue weighted by atomic mass is 32.1. The molecular weight excluding hydrogens is 386 g/mol. The molecule has 1 unspecified atom stereocenters. The normalized spacial score (nSPS) is 18.4. The van der Waals surface area contributed by atoms with Gasteiger partial charge in [-0.15, -0.1) is 0 Å². The largest absolute Gasteiger partial charge is 0.454 e. The summed E-state index contributed by atoms with van der Waals surface area (Å²) in [6.45, 7) is 4.86. The standard InChI is InChI=1S/C21H23N5O2S/c1-2-25-20(15-7-9-22-10-8-15)23-26(21(25)29)13-24-11-3-4-17(24)16-5-6-18-19(12-16)28-14-27-18/h5-10,12,17H,2-4,11,13-14H2,1H3. The van der Waals surface area contributed by atoms with Crippen molar-refractivity contribution in [2.75, 3.05) is 13.3 Å². The van der Waals surface area contributed by atoms with E-state index in [4.69, 9.17) is 26.8 Å². The number of hydrogen-bond donors (Lipinski definition) is 0. The van der Waals surface area contributed by atoms with Crippen molar-refractivity contribution < 1.29 is 9.47 Å². The summed E-state index contributed by atoms with van der Waals surface area (Å²) in [4.78, 5) is 6.55. The van der Waals surface area contributed by atoms with E-state index in [0.29, 0.717) is 19.5 Å². The molecule has 0 radical (unpaired) electrons. The van der Waals surface area contributed by atoms with Crippen LogP contribution < -0.4 is 9.47 Å². The van der Waals surface area contributed by atoms with Crippen LogP contribution in [0.5, 0.6) is 11.5 Å². The van der Waals surface area contributed by atoms with Crippen molar-refractivity contribution in [1.29, 1.82) is 0 Å². The van der Waals surface area contributed by atoms with Crippen LogP contribution in [0.2, 0.25) is 0 Å². The molecule has 1 saturated heterocycles. The molecular formula is C21H23N5O2S. The number of hydrogen-bond acceptors (Lipinski definition) is 6. The fourth-order valence-corrected chi connectivity index (χ4v) is 4.51. The Hall–Kier alpha value is -2.71. The molecule has 0 aliphatic carbocycles. The summed E-state index contributed by atoms with van der Waals surface area (Å²) < 4.78 is 15.8. The van der Waals surface area contributed by atoms with Crippen LogP contribution in [0.15, 0.2) is 42.7 Å². The summed E-state index contributed by atoms with van der Waals surface area (Å²) >= 11 is 5.75. The fourth-order valence-electron chi connectivity index (χ4n) is 4.20. The summed E-state index contributed by atoms with van der Waals surface area (Å²) in [5, 5.41) is 4.86. The minimum Gasteiger partial charge on any atom is -0.454 e. The zero-order chi connectivity index (χ0) is 19.8. The number of pyridine rings is 1. The van der Waals surface area contributed by atoms with Gasteiger partial charge >= 0.3 is 0 Å². The summed E-state index contributed by atoms with van der Waals surface area (Å²) in [5.41, 5.74) is 2.28. The Kier molecular flexibility index (Phi) is 4.81. The molecule has 150 valence electrons. The third-order valence-corrected chi connectivity index (χ3v) is 6.07. The van der Waals surface area contributed by atoms with Gasteiger partial charge in [0.25, 0.3) is 0 Å². The van der Waals surface area contributed by atoms with Crippen LogP contribution in [0.25, 0.3) is 11.4 Å². The number of nitrogens with zero attached hydrogens (tertiary/aromatic N) is 5. The first kappa shape index (κ1) is 18.3. The highest BCUT2D eigenvalue weighted by molar-refractivity contribution is 7.71. The van der Waals surface area contributed by atoms with E-state index in [0.717, 1.165) is 53.6 Å². The van der Waals surface area contributed by atoms with Gasteiger partial charge < -0.3 is 14.0 Å². The molecule has 7 nitrogen and oxygen atoms in total. The zero-order valence-corrected chi connectivity index (χ0v) is 17.1. The van der Waals surface area contributed by atoms with E-state index in [1.807, 2.05) is 22.9 Å². The van der Waals surface area contributed by atoms with E-state index in [9.17, 15) is 0 Å². The third-order valence-electron chi connectivity index (χ3n) is 5.64. The first-order valence-electron chi connectivity index (χ1n) is 9.96. The first-order chi connectivity index (χ1) is 14.2. The monoisotopic (exact) mass is 409 g/mol. The van der Waals surface area contributed by atoms with Gasteiger partial charge in [-0.25, -0.2) is 4.68 Å². The Bertz CT molecular complexity index is 1080. The highest BCUT2D eigenvalue weighted by Crippen LogP contribution is 2.39. The minimum atomic E-state index is 0.300. The molecule has 5 rings (SSSR count). The van der Waals surface area contributed by atoms with Crippen molar-refractivity contribution in [3.8, 4) is 22.9 Å². The van der Waals surface area contributed by atoms with E-state index in [1.165, 1.54) is 5.56 Å². The van der Waals surface area contributed by atoms with Crippen LogP contribution in [0.4, 0.5) is 0 Å². The third kappa shape index (κ3) is 3.32. The summed E-state index contributed by atoms with van der Waals surface area (Å²) in [7, 11) is 0. The second kappa shape index (κ2) is 7.61. The summed E-state index contributed by atoms with van der Waals surface area (Å²) in [6.07, 6.45) is 5.83. The number of fused-ring (bicyclic) bond motifs is 1. The van der Waals surface area contributed by atoms with Gasteiger partial charge in [0.1, 0.15) is 0 Å². The second-order valence-electron chi connectivity index (χ2n) is 7.31. The van der Waals surface area contributed by atoms with Crippen LogP contribution in [0.3, 0.4) is 0 Å². The van der Waals surface area contributed by atoms with Gasteiger partial charge in [0, 0.05) is 37.1 Å². The number of benzene rings is 1. The van der Waals surface area contributed by atoms with E-state index in [2.05, 4.69) is 33.5 Å².